The summed E-state index contributed by atoms with van der Waals surface area (Å²) in [6.07, 6.45) is 2.20. The van der Waals surface area contributed by atoms with Gasteiger partial charge in [-0.2, -0.15) is 0 Å². The molecule has 1 fully saturated rings. The molecule has 108 valence electrons. The minimum absolute atomic E-state index is 1.17. The maximum atomic E-state index is 2.36. The van der Waals surface area contributed by atoms with Crippen LogP contribution in [0.4, 0.5) is 0 Å². The lowest BCUT2D eigenvalue weighted by Gasteiger charge is -2.27. The van der Waals surface area contributed by atoms with E-state index in [0.717, 1.165) is 0 Å². The number of piperazine rings is 1. The Hall–Kier alpha value is -0.970. The van der Waals surface area contributed by atoms with Crippen molar-refractivity contribution in [3.05, 3.63) is 29.8 Å². The van der Waals surface area contributed by atoms with Crippen LogP contribution in [0.2, 0.25) is 0 Å². The fraction of sp³-hybridized carbons (Fsp3) is 0.500. The van der Waals surface area contributed by atoms with Crippen LogP contribution in [0.25, 0.3) is 10.9 Å². The van der Waals surface area contributed by atoms with Crippen molar-refractivity contribution in [1.82, 2.24) is 4.57 Å². The lowest BCUT2D eigenvalue weighted by atomic mass is 10.1. The van der Waals surface area contributed by atoms with Gasteiger partial charge in [0.2, 0.25) is 0 Å². The number of fused-ring (bicyclic) bond motifs is 1. The smallest absolute Gasteiger partial charge is 0.127 e. The molecule has 2 N–H and O–H groups in total. The molecule has 1 aromatic heterocycles. The zero-order valence-electron chi connectivity index (χ0n) is 12.7. The highest BCUT2D eigenvalue weighted by molar-refractivity contribution is 7.98. The molecule has 1 saturated heterocycles. The van der Waals surface area contributed by atoms with Crippen molar-refractivity contribution in [2.75, 3.05) is 39.5 Å². The number of nitrogens with zero attached hydrogens (tertiary/aromatic N) is 1. The van der Waals surface area contributed by atoms with Crippen molar-refractivity contribution in [1.29, 1.82) is 0 Å². The Morgan fingerprint density at radius 2 is 1.85 bits per heavy atom. The third-order valence-electron chi connectivity index (χ3n) is 4.58. The lowest BCUT2D eigenvalue weighted by molar-refractivity contribution is -1.01. The fourth-order valence-corrected chi connectivity index (χ4v) is 4.14. The second kappa shape index (κ2) is 5.80. The van der Waals surface area contributed by atoms with E-state index in [1.165, 1.54) is 48.7 Å². The Kier molecular flexibility index (Phi) is 4.06. The maximum absolute atomic E-state index is 2.36. The van der Waals surface area contributed by atoms with E-state index in [2.05, 4.69) is 49.2 Å². The van der Waals surface area contributed by atoms with Crippen molar-refractivity contribution >= 4 is 22.7 Å². The standard InChI is InChI=1S/C16H23N3S/c1-17-8-10-19(11-9-17)12-14-13-6-4-5-7-15(13)18(2)16(14)20-3/h4-7H,8-12H2,1-3H3/p+2. The van der Waals surface area contributed by atoms with E-state index in [0.29, 0.717) is 0 Å². The van der Waals surface area contributed by atoms with Gasteiger partial charge in [0, 0.05) is 23.5 Å². The van der Waals surface area contributed by atoms with Gasteiger partial charge in [0.05, 0.1) is 12.1 Å². The predicted octanol–water partition coefficient (Wildman–Crippen LogP) is -0.187. The second-order valence-electron chi connectivity index (χ2n) is 5.95. The first-order valence-electron chi connectivity index (χ1n) is 7.46. The highest BCUT2D eigenvalue weighted by Crippen LogP contribution is 2.30. The molecule has 1 aliphatic rings. The normalized spacial score (nSPS) is 23.4. The molecule has 0 radical (unpaired) electrons. The monoisotopic (exact) mass is 291 g/mol. The first-order chi connectivity index (χ1) is 9.70. The summed E-state index contributed by atoms with van der Waals surface area (Å²) in [5, 5.41) is 2.88. The molecule has 1 aliphatic heterocycles. The third kappa shape index (κ3) is 2.48. The molecule has 1 aromatic carbocycles. The summed E-state index contributed by atoms with van der Waals surface area (Å²) in [5.74, 6) is 0. The summed E-state index contributed by atoms with van der Waals surface area (Å²) in [5.41, 5.74) is 2.91. The fourth-order valence-electron chi connectivity index (χ4n) is 3.34. The number of para-hydroxylation sites is 1. The number of aromatic nitrogens is 1. The van der Waals surface area contributed by atoms with Gasteiger partial charge in [-0.1, -0.05) is 18.2 Å². The summed E-state index contributed by atoms with van der Waals surface area (Å²) in [7, 11) is 4.50. The highest BCUT2D eigenvalue weighted by Gasteiger charge is 2.23. The van der Waals surface area contributed by atoms with Crippen molar-refractivity contribution < 1.29 is 9.80 Å². The first kappa shape index (κ1) is 14.0. The number of quaternary nitrogens is 2. The second-order valence-corrected chi connectivity index (χ2v) is 6.74. The van der Waals surface area contributed by atoms with E-state index < -0.39 is 0 Å². The Morgan fingerprint density at radius 1 is 1.15 bits per heavy atom. The maximum Gasteiger partial charge on any atom is 0.127 e. The molecule has 0 unspecified atom stereocenters. The molecule has 3 rings (SSSR count). The number of hydrogen-bond acceptors (Lipinski definition) is 1. The van der Waals surface area contributed by atoms with Crippen LogP contribution in [0.1, 0.15) is 5.56 Å². The minimum Gasteiger partial charge on any atom is -0.338 e. The van der Waals surface area contributed by atoms with Crippen LogP contribution in [0.15, 0.2) is 29.3 Å². The Balaban J connectivity index is 1.94. The first-order valence-corrected chi connectivity index (χ1v) is 8.68. The van der Waals surface area contributed by atoms with Crippen molar-refractivity contribution in [3.63, 3.8) is 0 Å². The average Bonchev–Trinajstić information content (AvgIpc) is 2.74. The van der Waals surface area contributed by atoms with E-state index in [9.17, 15) is 0 Å². The average molecular weight is 291 g/mol. The topological polar surface area (TPSA) is 13.8 Å². The van der Waals surface area contributed by atoms with Crippen LogP contribution in [0, 0.1) is 0 Å². The Morgan fingerprint density at radius 3 is 2.55 bits per heavy atom. The number of rotatable bonds is 3. The molecule has 2 aromatic rings. The van der Waals surface area contributed by atoms with Gasteiger partial charge in [0.1, 0.15) is 32.7 Å². The largest absolute Gasteiger partial charge is 0.338 e. The number of likely N-dealkylation sites (N-methyl/N-ethyl adjacent to an activating group) is 1. The minimum atomic E-state index is 1.17. The molecule has 20 heavy (non-hydrogen) atoms. The summed E-state index contributed by atoms with van der Waals surface area (Å²) in [6, 6.07) is 8.83. The van der Waals surface area contributed by atoms with E-state index in [-0.39, 0.29) is 0 Å². The van der Waals surface area contributed by atoms with Gasteiger partial charge in [0.15, 0.2) is 0 Å². The molecular weight excluding hydrogens is 266 g/mol. The number of benzene rings is 1. The number of aryl methyl sites for hydroxylation is 1. The molecule has 0 spiro atoms. The van der Waals surface area contributed by atoms with Crippen LogP contribution < -0.4 is 9.80 Å². The predicted molar refractivity (Wildman–Crippen MR) is 85.7 cm³/mol. The van der Waals surface area contributed by atoms with Crippen molar-refractivity contribution in [2.24, 2.45) is 7.05 Å². The van der Waals surface area contributed by atoms with Gasteiger partial charge in [-0.05, 0) is 12.3 Å². The Bertz CT molecular complexity index is 597. The van der Waals surface area contributed by atoms with Gasteiger partial charge < -0.3 is 14.4 Å². The lowest BCUT2D eigenvalue weighted by Crippen LogP contribution is -3.26. The molecule has 0 bridgehead atoms. The summed E-state index contributed by atoms with van der Waals surface area (Å²) < 4.78 is 2.36. The van der Waals surface area contributed by atoms with Crippen LogP contribution in [-0.4, -0.2) is 44.0 Å². The summed E-state index contributed by atoms with van der Waals surface area (Å²) in [6.45, 7) is 6.36. The number of hydrogen-bond donors (Lipinski definition) is 2. The van der Waals surface area contributed by atoms with E-state index in [1.807, 2.05) is 11.8 Å². The molecule has 0 amide bonds. The van der Waals surface area contributed by atoms with E-state index in [4.69, 9.17) is 0 Å². The summed E-state index contributed by atoms with van der Waals surface area (Å²) in [4.78, 5) is 3.42. The Labute approximate surface area is 125 Å². The van der Waals surface area contributed by atoms with E-state index >= 15 is 0 Å². The molecule has 0 aliphatic carbocycles. The van der Waals surface area contributed by atoms with Crippen LogP contribution in [-0.2, 0) is 13.6 Å². The van der Waals surface area contributed by atoms with Gasteiger partial charge in [-0.3, -0.25) is 0 Å². The van der Waals surface area contributed by atoms with Gasteiger partial charge in [-0.15, -0.1) is 11.8 Å². The molecule has 0 saturated carbocycles. The quantitative estimate of drug-likeness (QED) is 0.748. The van der Waals surface area contributed by atoms with E-state index in [1.54, 1.807) is 15.4 Å². The van der Waals surface area contributed by atoms with Gasteiger partial charge in [0.25, 0.3) is 0 Å². The third-order valence-corrected chi connectivity index (χ3v) is 5.49. The number of thioether (sulfide) groups is 1. The zero-order valence-corrected chi connectivity index (χ0v) is 13.5. The number of nitrogens with one attached hydrogen (secondary N) is 2. The SMILES string of the molecule is CSc1c(C[NH+]2CC[NH+](C)CC2)c2ccccc2n1C. The van der Waals surface area contributed by atoms with Crippen molar-refractivity contribution in [2.45, 2.75) is 11.6 Å². The zero-order chi connectivity index (χ0) is 14.1. The highest BCUT2D eigenvalue weighted by atomic mass is 32.2. The molecule has 3 nitrogen and oxygen atoms in total. The molecule has 2 heterocycles. The molecular formula is C16H25N3S+2. The molecule has 4 heteroatoms. The molecule has 0 atom stereocenters. The van der Waals surface area contributed by atoms with Crippen molar-refractivity contribution in [3.8, 4) is 0 Å². The van der Waals surface area contributed by atoms with Crippen LogP contribution in [0.5, 0.6) is 0 Å². The van der Waals surface area contributed by atoms with Crippen LogP contribution in [0.3, 0.4) is 0 Å². The van der Waals surface area contributed by atoms with Gasteiger partial charge >= 0.3 is 0 Å². The summed E-state index contributed by atoms with van der Waals surface area (Å²) >= 11 is 1.88. The van der Waals surface area contributed by atoms with Gasteiger partial charge in [-0.25, -0.2) is 0 Å². The van der Waals surface area contributed by atoms with Crippen LogP contribution >= 0.6 is 11.8 Å².